The van der Waals surface area contributed by atoms with E-state index in [0.29, 0.717) is 23.3 Å². The van der Waals surface area contributed by atoms with E-state index in [9.17, 15) is 14.7 Å². The van der Waals surface area contributed by atoms with Gasteiger partial charge in [-0.1, -0.05) is 12.8 Å². The maximum Gasteiger partial charge on any atom is 0.417 e. The molecule has 0 unspecified atom stereocenters. The van der Waals surface area contributed by atoms with Gasteiger partial charge in [0.2, 0.25) is 0 Å². The topological polar surface area (TPSA) is 97.6 Å². The van der Waals surface area contributed by atoms with E-state index in [1.807, 2.05) is 4.57 Å². The summed E-state index contributed by atoms with van der Waals surface area (Å²) in [6.45, 7) is 7.08. The van der Waals surface area contributed by atoms with Crippen molar-refractivity contribution in [3.05, 3.63) is 17.7 Å². The number of aromatic nitrogens is 3. The molecule has 2 atom stereocenters. The highest BCUT2D eigenvalue weighted by Crippen LogP contribution is 2.44. The van der Waals surface area contributed by atoms with Gasteiger partial charge in [0.25, 0.3) is 5.91 Å². The summed E-state index contributed by atoms with van der Waals surface area (Å²) in [6.07, 6.45) is 4.30. The van der Waals surface area contributed by atoms with Crippen LogP contribution in [0, 0.1) is 6.92 Å². The molecule has 0 bridgehead atoms. The Morgan fingerprint density at radius 3 is 2.59 bits per heavy atom. The van der Waals surface area contributed by atoms with Crippen LogP contribution in [0.4, 0.5) is 4.79 Å². The van der Waals surface area contributed by atoms with Gasteiger partial charge >= 0.3 is 6.09 Å². The van der Waals surface area contributed by atoms with Crippen LogP contribution in [0.15, 0.2) is 6.20 Å². The van der Waals surface area contributed by atoms with E-state index in [2.05, 4.69) is 9.97 Å². The molecule has 1 N–H and O–H groups in total. The lowest BCUT2D eigenvalue weighted by Gasteiger charge is -2.43. The summed E-state index contributed by atoms with van der Waals surface area (Å²) in [6, 6.07) is -0.435. The van der Waals surface area contributed by atoms with Gasteiger partial charge in [0.05, 0.1) is 17.5 Å². The largest absolute Gasteiger partial charge is 0.505 e. The van der Waals surface area contributed by atoms with E-state index >= 15 is 0 Å². The number of fused-ring (bicyclic) bond motifs is 5. The van der Waals surface area contributed by atoms with E-state index < -0.39 is 17.6 Å². The average molecular weight is 372 g/mol. The summed E-state index contributed by atoms with van der Waals surface area (Å²) in [4.78, 5) is 35.9. The quantitative estimate of drug-likeness (QED) is 0.762. The number of carbonyl (C=O) groups excluding carboxylic acids is 2. The van der Waals surface area contributed by atoms with Gasteiger partial charge < -0.3 is 14.4 Å². The molecule has 3 heterocycles. The molecule has 1 saturated carbocycles. The lowest BCUT2D eigenvalue weighted by Crippen LogP contribution is -2.55. The average Bonchev–Trinajstić information content (AvgIpc) is 2.86. The Bertz CT molecular complexity index is 943. The Morgan fingerprint density at radius 1 is 1.26 bits per heavy atom. The van der Waals surface area contributed by atoms with Crippen molar-refractivity contribution in [2.45, 2.75) is 71.1 Å². The van der Waals surface area contributed by atoms with Crippen molar-refractivity contribution in [2.24, 2.45) is 0 Å². The molecular formula is C19H24N4O4. The molecule has 8 heteroatoms. The maximum absolute atomic E-state index is 13.3. The van der Waals surface area contributed by atoms with Gasteiger partial charge in [-0.25, -0.2) is 19.7 Å². The first-order chi connectivity index (χ1) is 12.7. The molecule has 0 aromatic carbocycles. The van der Waals surface area contributed by atoms with E-state index in [1.165, 1.54) is 11.1 Å². The first-order valence-electron chi connectivity index (χ1n) is 9.32. The lowest BCUT2D eigenvalue weighted by atomic mass is 9.87. The normalized spacial score (nSPS) is 22.5. The van der Waals surface area contributed by atoms with Gasteiger partial charge in [0, 0.05) is 6.20 Å². The zero-order valence-electron chi connectivity index (χ0n) is 16.0. The van der Waals surface area contributed by atoms with Crippen LogP contribution in [0.25, 0.3) is 11.0 Å². The van der Waals surface area contributed by atoms with Crippen molar-refractivity contribution >= 4 is 23.0 Å². The van der Waals surface area contributed by atoms with Crippen LogP contribution in [0.3, 0.4) is 0 Å². The molecule has 0 saturated heterocycles. The molecule has 0 spiro atoms. The van der Waals surface area contributed by atoms with E-state index in [-0.39, 0.29) is 23.5 Å². The van der Waals surface area contributed by atoms with Crippen molar-refractivity contribution in [3.8, 4) is 5.75 Å². The Kier molecular flexibility index (Phi) is 3.90. The Morgan fingerprint density at radius 2 is 1.93 bits per heavy atom. The minimum absolute atomic E-state index is 0.0962. The molecule has 144 valence electrons. The van der Waals surface area contributed by atoms with Crippen LogP contribution in [0.5, 0.6) is 5.75 Å². The molecule has 2 amide bonds. The molecule has 2 aromatic heterocycles. The lowest BCUT2D eigenvalue weighted by molar-refractivity contribution is 0.00234. The fourth-order valence-electron chi connectivity index (χ4n) is 4.17. The van der Waals surface area contributed by atoms with Gasteiger partial charge in [-0.05, 0) is 40.5 Å². The standard InChI is InChI=1S/C19H24N4O4/c1-10-20-9-11-15(24)14-17(25)23(18(26)27-19(2,3)4)13-8-6-5-7-12(13)22(14)16(11)21-10/h9,12-13,24H,5-8H2,1-4H3/t12-,13+/m1/s1. The van der Waals surface area contributed by atoms with E-state index in [0.717, 1.165) is 19.3 Å². The molecule has 1 aliphatic heterocycles. The zero-order chi connectivity index (χ0) is 19.5. The van der Waals surface area contributed by atoms with Gasteiger partial charge in [-0.15, -0.1) is 0 Å². The summed E-state index contributed by atoms with van der Waals surface area (Å²) in [5.41, 5.74) is -0.0703. The fourth-order valence-corrected chi connectivity index (χ4v) is 4.17. The van der Waals surface area contributed by atoms with Crippen molar-refractivity contribution < 1.29 is 19.4 Å². The number of aryl methyl sites for hydroxylation is 1. The number of carbonyl (C=O) groups is 2. The minimum atomic E-state index is -0.712. The summed E-state index contributed by atoms with van der Waals surface area (Å²) >= 11 is 0. The highest BCUT2D eigenvalue weighted by Gasteiger charge is 2.48. The number of nitrogens with zero attached hydrogens (tertiary/aromatic N) is 4. The number of hydrogen-bond donors (Lipinski definition) is 1. The van der Waals surface area contributed by atoms with Crippen molar-refractivity contribution in [1.29, 1.82) is 0 Å². The van der Waals surface area contributed by atoms with Gasteiger partial charge in [-0.2, -0.15) is 0 Å². The number of amides is 2. The van der Waals surface area contributed by atoms with Crippen molar-refractivity contribution in [3.63, 3.8) is 0 Å². The highest BCUT2D eigenvalue weighted by molar-refractivity contribution is 6.09. The highest BCUT2D eigenvalue weighted by atomic mass is 16.6. The maximum atomic E-state index is 13.3. The molecule has 2 aromatic rings. The summed E-state index contributed by atoms with van der Waals surface area (Å²) in [5.74, 6) is -0.148. The molecular weight excluding hydrogens is 348 g/mol. The summed E-state index contributed by atoms with van der Waals surface area (Å²) in [7, 11) is 0. The number of ether oxygens (including phenoxy) is 1. The zero-order valence-corrected chi connectivity index (χ0v) is 16.0. The van der Waals surface area contributed by atoms with Crippen LogP contribution in [0.1, 0.15) is 68.8 Å². The van der Waals surface area contributed by atoms with Gasteiger partial charge in [0.15, 0.2) is 11.4 Å². The number of rotatable bonds is 0. The second kappa shape index (κ2) is 5.94. The first-order valence-corrected chi connectivity index (χ1v) is 9.32. The summed E-state index contributed by atoms with van der Waals surface area (Å²) < 4.78 is 7.30. The van der Waals surface area contributed by atoms with Crippen LogP contribution in [-0.4, -0.2) is 48.2 Å². The number of imide groups is 1. The van der Waals surface area contributed by atoms with Gasteiger partial charge in [0.1, 0.15) is 17.1 Å². The smallest absolute Gasteiger partial charge is 0.417 e. The van der Waals surface area contributed by atoms with Crippen LogP contribution >= 0.6 is 0 Å². The second-order valence-corrected chi connectivity index (χ2v) is 8.30. The van der Waals surface area contributed by atoms with Gasteiger partial charge in [-0.3, -0.25) is 4.79 Å². The predicted molar refractivity (Wildman–Crippen MR) is 97.6 cm³/mol. The van der Waals surface area contributed by atoms with Crippen molar-refractivity contribution in [2.75, 3.05) is 0 Å². The second-order valence-electron chi connectivity index (χ2n) is 8.30. The monoisotopic (exact) mass is 372 g/mol. The molecule has 1 fully saturated rings. The molecule has 1 aliphatic carbocycles. The molecule has 2 aliphatic rings. The van der Waals surface area contributed by atoms with E-state index in [1.54, 1.807) is 27.7 Å². The number of aromatic hydroxyl groups is 1. The summed E-state index contributed by atoms with van der Waals surface area (Å²) in [5, 5.41) is 11.1. The SMILES string of the molecule is Cc1ncc2c(O)c3n(c2n1)[C@@H]1CCCC[C@@H]1N(C(=O)OC(C)(C)C)C3=O. The van der Waals surface area contributed by atoms with Crippen LogP contribution in [-0.2, 0) is 4.74 Å². The minimum Gasteiger partial charge on any atom is -0.505 e. The Balaban J connectivity index is 1.90. The predicted octanol–water partition coefficient (Wildman–Crippen LogP) is 3.32. The fraction of sp³-hybridized carbons (Fsp3) is 0.579. The Hall–Kier alpha value is -2.64. The molecule has 27 heavy (non-hydrogen) atoms. The third-order valence-corrected chi connectivity index (χ3v) is 5.21. The Labute approximate surface area is 157 Å². The molecule has 8 nitrogen and oxygen atoms in total. The third kappa shape index (κ3) is 2.74. The van der Waals surface area contributed by atoms with Crippen LogP contribution in [0.2, 0.25) is 0 Å². The van der Waals surface area contributed by atoms with Crippen LogP contribution < -0.4 is 0 Å². The molecule has 0 radical (unpaired) electrons. The number of hydrogen-bond acceptors (Lipinski definition) is 6. The van der Waals surface area contributed by atoms with E-state index in [4.69, 9.17) is 4.74 Å². The first kappa shape index (κ1) is 17.8. The van der Waals surface area contributed by atoms with Crippen molar-refractivity contribution in [1.82, 2.24) is 19.4 Å². The molecule has 4 rings (SSSR count). The third-order valence-electron chi connectivity index (χ3n) is 5.21.